The first kappa shape index (κ1) is 21.8. The minimum atomic E-state index is -0.532. The van der Waals surface area contributed by atoms with Gasteiger partial charge in [-0.05, 0) is 19.8 Å². The van der Waals surface area contributed by atoms with Gasteiger partial charge in [-0.15, -0.1) is 12.4 Å². The lowest BCUT2D eigenvalue weighted by molar-refractivity contribution is -0.136. The summed E-state index contributed by atoms with van der Waals surface area (Å²) in [5.74, 6) is -0.428. The standard InChI is InChI=1S/C22H27N5O3.ClH/c1-13-18(14-6-4-3-5-7-14)25-26(2)19(13)24-20(28)16-15-8-9-22(30-15)12-27(11-10-23)21(29)17(16)22;/h3-7,15-17H,8-12,23H2,1-2H3,(H,24,28);1H/t15-,16-,17+,22-;/m0./s1. The summed E-state index contributed by atoms with van der Waals surface area (Å²) in [4.78, 5) is 28.2. The number of nitrogens with one attached hydrogen (secondary N) is 1. The van der Waals surface area contributed by atoms with Crippen LogP contribution in [0.3, 0.4) is 0 Å². The van der Waals surface area contributed by atoms with Crippen LogP contribution in [0.1, 0.15) is 18.4 Å². The number of hydrogen-bond acceptors (Lipinski definition) is 5. The van der Waals surface area contributed by atoms with Gasteiger partial charge in [0.15, 0.2) is 0 Å². The minimum absolute atomic E-state index is 0. The molecular formula is C22H28ClN5O3. The summed E-state index contributed by atoms with van der Waals surface area (Å²) in [7, 11) is 1.82. The molecule has 0 saturated carbocycles. The molecule has 0 unspecified atom stereocenters. The van der Waals surface area contributed by atoms with Crippen LogP contribution in [0.5, 0.6) is 0 Å². The van der Waals surface area contributed by atoms with Gasteiger partial charge in [0.05, 0.1) is 35.8 Å². The molecule has 3 aliphatic rings. The number of anilines is 1. The van der Waals surface area contributed by atoms with Gasteiger partial charge >= 0.3 is 0 Å². The van der Waals surface area contributed by atoms with Crippen molar-refractivity contribution in [2.45, 2.75) is 31.5 Å². The van der Waals surface area contributed by atoms with Crippen LogP contribution < -0.4 is 11.1 Å². The number of nitrogens with zero attached hydrogens (tertiary/aromatic N) is 3. The molecule has 3 N–H and O–H groups in total. The molecule has 2 bridgehead atoms. The fourth-order valence-electron chi connectivity index (χ4n) is 5.56. The lowest BCUT2D eigenvalue weighted by Crippen LogP contribution is -2.43. The molecule has 0 aliphatic carbocycles. The molecule has 9 heteroatoms. The highest BCUT2D eigenvalue weighted by molar-refractivity contribution is 5.99. The molecule has 166 valence electrons. The van der Waals surface area contributed by atoms with E-state index in [1.807, 2.05) is 44.3 Å². The van der Waals surface area contributed by atoms with Gasteiger partial charge in [0.25, 0.3) is 0 Å². The van der Waals surface area contributed by atoms with E-state index in [1.54, 1.807) is 9.58 Å². The predicted octanol–water partition coefficient (Wildman–Crippen LogP) is 1.72. The van der Waals surface area contributed by atoms with Crippen LogP contribution in [0.4, 0.5) is 5.82 Å². The average molecular weight is 446 g/mol. The predicted molar refractivity (Wildman–Crippen MR) is 119 cm³/mol. The molecule has 4 atom stereocenters. The lowest BCUT2D eigenvalue weighted by Gasteiger charge is -2.27. The van der Waals surface area contributed by atoms with Crippen LogP contribution in [-0.4, -0.2) is 57.8 Å². The van der Waals surface area contributed by atoms with Crippen LogP contribution in [0.15, 0.2) is 30.3 Å². The first-order valence-corrected chi connectivity index (χ1v) is 10.5. The van der Waals surface area contributed by atoms with E-state index in [2.05, 4.69) is 10.4 Å². The summed E-state index contributed by atoms with van der Waals surface area (Å²) in [6.07, 6.45) is 1.42. The van der Waals surface area contributed by atoms with Crippen LogP contribution in [0.25, 0.3) is 11.3 Å². The number of carbonyl (C=O) groups is 2. The molecular weight excluding hydrogens is 418 g/mol. The van der Waals surface area contributed by atoms with Gasteiger partial charge < -0.3 is 20.7 Å². The van der Waals surface area contributed by atoms with Crippen molar-refractivity contribution in [1.29, 1.82) is 0 Å². The summed E-state index contributed by atoms with van der Waals surface area (Å²) < 4.78 is 7.94. The summed E-state index contributed by atoms with van der Waals surface area (Å²) >= 11 is 0. The van der Waals surface area contributed by atoms with Crippen molar-refractivity contribution in [1.82, 2.24) is 14.7 Å². The molecule has 0 radical (unpaired) electrons. The van der Waals surface area contributed by atoms with Crippen LogP contribution >= 0.6 is 12.4 Å². The van der Waals surface area contributed by atoms with Gasteiger partial charge in [-0.1, -0.05) is 30.3 Å². The second kappa shape index (κ2) is 7.93. The summed E-state index contributed by atoms with van der Waals surface area (Å²) in [5.41, 5.74) is 7.87. The van der Waals surface area contributed by atoms with Crippen LogP contribution in [0.2, 0.25) is 0 Å². The third-order valence-corrected chi connectivity index (χ3v) is 6.88. The van der Waals surface area contributed by atoms with E-state index in [9.17, 15) is 9.59 Å². The Labute approximate surface area is 187 Å². The average Bonchev–Trinajstić information content (AvgIpc) is 3.44. The minimum Gasteiger partial charge on any atom is -0.368 e. The Morgan fingerprint density at radius 1 is 1.35 bits per heavy atom. The van der Waals surface area contributed by atoms with E-state index in [1.165, 1.54) is 0 Å². The third-order valence-electron chi connectivity index (χ3n) is 6.88. The Morgan fingerprint density at radius 3 is 2.81 bits per heavy atom. The molecule has 3 aliphatic heterocycles. The highest BCUT2D eigenvalue weighted by atomic mass is 35.5. The third kappa shape index (κ3) is 3.24. The molecule has 2 aromatic rings. The van der Waals surface area contributed by atoms with Gasteiger partial charge in [0.2, 0.25) is 11.8 Å². The number of benzene rings is 1. The molecule has 3 saturated heterocycles. The zero-order chi connectivity index (χ0) is 21.0. The highest BCUT2D eigenvalue weighted by Gasteiger charge is 2.68. The molecule has 1 aromatic carbocycles. The number of likely N-dealkylation sites (tertiary alicyclic amines) is 1. The fourth-order valence-corrected chi connectivity index (χ4v) is 5.56. The highest BCUT2D eigenvalue weighted by Crippen LogP contribution is 2.55. The van der Waals surface area contributed by atoms with Gasteiger partial charge in [0, 0.05) is 31.3 Å². The second-order valence-corrected chi connectivity index (χ2v) is 8.61. The van der Waals surface area contributed by atoms with Crippen molar-refractivity contribution in [3.8, 4) is 11.3 Å². The molecule has 4 heterocycles. The topological polar surface area (TPSA) is 102 Å². The van der Waals surface area contributed by atoms with Crippen molar-refractivity contribution in [2.24, 2.45) is 24.6 Å². The number of nitrogens with two attached hydrogens (primary N) is 1. The lowest BCUT2D eigenvalue weighted by atomic mass is 9.73. The Bertz CT molecular complexity index is 1010. The summed E-state index contributed by atoms with van der Waals surface area (Å²) in [6, 6.07) is 9.89. The Morgan fingerprint density at radius 2 is 2.10 bits per heavy atom. The number of ether oxygens (including phenoxy) is 1. The van der Waals surface area contributed by atoms with Crippen molar-refractivity contribution < 1.29 is 14.3 Å². The molecule has 3 fully saturated rings. The summed E-state index contributed by atoms with van der Waals surface area (Å²) in [6.45, 7) is 3.40. The maximum Gasteiger partial charge on any atom is 0.232 e. The van der Waals surface area contributed by atoms with E-state index in [0.29, 0.717) is 25.5 Å². The van der Waals surface area contributed by atoms with Crippen molar-refractivity contribution >= 4 is 30.0 Å². The molecule has 8 nitrogen and oxygen atoms in total. The van der Waals surface area contributed by atoms with E-state index in [-0.39, 0.29) is 30.3 Å². The van der Waals surface area contributed by atoms with E-state index >= 15 is 0 Å². The quantitative estimate of drug-likeness (QED) is 0.729. The van der Waals surface area contributed by atoms with Crippen molar-refractivity contribution in [3.63, 3.8) is 0 Å². The van der Waals surface area contributed by atoms with Crippen LogP contribution in [0, 0.1) is 18.8 Å². The van der Waals surface area contributed by atoms with Crippen LogP contribution in [-0.2, 0) is 21.4 Å². The van der Waals surface area contributed by atoms with Gasteiger partial charge in [-0.2, -0.15) is 5.10 Å². The zero-order valence-electron chi connectivity index (χ0n) is 17.7. The molecule has 5 rings (SSSR count). The number of rotatable bonds is 5. The zero-order valence-corrected chi connectivity index (χ0v) is 18.5. The molecule has 1 aromatic heterocycles. The normalized spacial score (nSPS) is 28.5. The Kier molecular flexibility index (Phi) is 5.57. The largest absolute Gasteiger partial charge is 0.368 e. The maximum atomic E-state index is 13.4. The number of halogens is 1. The maximum absolute atomic E-state index is 13.4. The monoisotopic (exact) mass is 445 g/mol. The summed E-state index contributed by atoms with van der Waals surface area (Å²) in [5, 5.41) is 7.66. The van der Waals surface area contributed by atoms with Gasteiger partial charge in [0.1, 0.15) is 5.82 Å². The molecule has 1 spiro atoms. The Balaban J connectivity index is 0.00000231. The van der Waals surface area contributed by atoms with Gasteiger partial charge in [-0.25, -0.2) is 0 Å². The van der Waals surface area contributed by atoms with E-state index in [4.69, 9.17) is 10.5 Å². The Hall–Kier alpha value is -2.42. The molecule has 31 heavy (non-hydrogen) atoms. The van der Waals surface area contributed by atoms with Gasteiger partial charge in [-0.3, -0.25) is 14.3 Å². The number of amides is 2. The first-order valence-electron chi connectivity index (χ1n) is 10.5. The second-order valence-electron chi connectivity index (χ2n) is 8.61. The fraction of sp³-hybridized carbons (Fsp3) is 0.500. The number of hydrogen-bond donors (Lipinski definition) is 2. The van der Waals surface area contributed by atoms with Crippen molar-refractivity contribution in [3.05, 3.63) is 35.9 Å². The smallest absolute Gasteiger partial charge is 0.232 e. The molecule has 2 amide bonds. The number of fused-ring (bicyclic) bond motifs is 1. The number of aromatic nitrogens is 2. The van der Waals surface area contributed by atoms with Crippen molar-refractivity contribution in [2.75, 3.05) is 25.0 Å². The SMILES string of the molecule is Cc1c(-c2ccccc2)nn(C)c1NC(=O)[C@H]1[C@@H]2CC[C@@]3(CN(CCN)C(=O)[C@@H]13)O2.Cl. The van der Waals surface area contributed by atoms with E-state index < -0.39 is 17.4 Å². The number of carbonyl (C=O) groups excluding carboxylic acids is 2. The van der Waals surface area contributed by atoms with E-state index in [0.717, 1.165) is 29.7 Å². The number of aryl methyl sites for hydroxylation is 1. The first-order chi connectivity index (χ1) is 14.4.